The molecule has 0 aliphatic rings. The van der Waals surface area contributed by atoms with Gasteiger partial charge in [0.05, 0.1) is 16.6 Å². The summed E-state index contributed by atoms with van der Waals surface area (Å²) in [5, 5.41) is 0. The molecule has 0 amide bonds. The van der Waals surface area contributed by atoms with Crippen molar-refractivity contribution in [3.05, 3.63) is 53.3 Å². The largest absolute Gasteiger partial charge is 0.329 e. The lowest BCUT2D eigenvalue weighted by Gasteiger charge is -2.09. The van der Waals surface area contributed by atoms with E-state index >= 15 is 0 Å². The van der Waals surface area contributed by atoms with Crippen LogP contribution in [-0.4, -0.2) is 16.1 Å². The SMILES string of the molecule is Cc1cc2nc(-c3ccccc3F)n(CCN)c2cc1C. The smallest absolute Gasteiger partial charge is 0.144 e. The van der Waals surface area contributed by atoms with Gasteiger partial charge in [-0.2, -0.15) is 0 Å². The maximum atomic E-state index is 14.1. The molecule has 2 aromatic carbocycles. The number of nitrogens with zero attached hydrogens (tertiary/aromatic N) is 2. The topological polar surface area (TPSA) is 43.8 Å². The van der Waals surface area contributed by atoms with Gasteiger partial charge in [0.15, 0.2) is 0 Å². The van der Waals surface area contributed by atoms with E-state index in [-0.39, 0.29) is 5.82 Å². The summed E-state index contributed by atoms with van der Waals surface area (Å²) in [7, 11) is 0. The normalized spacial score (nSPS) is 11.2. The van der Waals surface area contributed by atoms with Crippen molar-refractivity contribution in [2.75, 3.05) is 6.54 Å². The first-order valence-electron chi connectivity index (χ1n) is 7.04. The lowest BCUT2D eigenvalue weighted by Crippen LogP contribution is -2.11. The van der Waals surface area contributed by atoms with E-state index in [1.807, 2.05) is 16.7 Å². The fourth-order valence-corrected chi connectivity index (χ4v) is 2.58. The molecule has 0 unspecified atom stereocenters. The summed E-state index contributed by atoms with van der Waals surface area (Å²) in [6, 6.07) is 10.9. The van der Waals surface area contributed by atoms with Gasteiger partial charge in [-0.15, -0.1) is 0 Å². The lowest BCUT2D eigenvalue weighted by atomic mass is 10.1. The molecule has 4 heteroatoms. The minimum Gasteiger partial charge on any atom is -0.329 e. The van der Waals surface area contributed by atoms with Gasteiger partial charge >= 0.3 is 0 Å². The van der Waals surface area contributed by atoms with Crippen molar-refractivity contribution in [3.63, 3.8) is 0 Å². The quantitative estimate of drug-likeness (QED) is 0.800. The molecule has 0 saturated heterocycles. The Kier molecular flexibility index (Phi) is 3.47. The third-order valence-corrected chi connectivity index (χ3v) is 3.83. The predicted molar refractivity (Wildman–Crippen MR) is 83.7 cm³/mol. The van der Waals surface area contributed by atoms with Crippen LogP contribution in [0, 0.1) is 19.7 Å². The summed E-state index contributed by atoms with van der Waals surface area (Å²) < 4.78 is 16.1. The van der Waals surface area contributed by atoms with E-state index in [4.69, 9.17) is 5.73 Å². The van der Waals surface area contributed by atoms with Crippen LogP contribution in [-0.2, 0) is 6.54 Å². The number of aryl methyl sites for hydroxylation is 2. The molecule has 3 nitrogen and oxygen atoms in total. The highest BCUT2D eigenvalue weighted by Crippen LogP contribution is 2.28. The molecule has 0 spiro atoms. The van der Waals surface area contributed by atoms with E-state index in [9.17, 15) is 4.39 Å². The van der Waals surface area contributed by atoms with Crippen molar-refractivity contribution in [3.8, 4) is 11.4 Å². The summed E-state index contributed by atoms with van der Waals surface area (Å²) in [6.45, 7) is 5.22. The van der Waals surface area contributed by atoms with Crippen LogP contribution in [0.1, 0.15) is 11.1 Å². The molecule has 108 valence electrons. The fourth-order valence-electron chi connectivity index (χ4n) is 2.58. The second-order valence-electron chi connectivity index (χ2n) is 5.28. The number of imidazole rings is 1. The molecule has 1 aromatic heterocycles. The van der Waals surface area contributed by atoms with Gasteiger partial charge in [0.2, 0.25) is 0 Å². The van der Waals surface area contributed by atoms with Gasteiger partial charge in [-0.25, -0.2) is 9.37 Å². The zero-order valence-corrected chi connectivity index (χ0v) is 12.2. The first kappa shape index (κ1) is 13.8. The molecular weight excluding hydrogens is 265 g/mol. The van der Waals surface area contributed by atoms with Crippen LogP contribution in [0.25, 0.3) is 22.4 Å². The molecule has 0 bridgehead atoms. The van der Waals surface area contributed by atoms with Crippen LogP contribution in [0.3, 0.4) is 0 Å². The Morgan fingerprint density at radius 2 is 1.86 bits per heavy atom. The van der Waals surface area contributed by atoms with Crippen LogP contribution < -0.4 is 5.73 Å². The van der Waals surface area contributed by atoms with Crippen molar-refractivity contribution in [2.24, 2.45) is 5.73 Å². The van der Waals surface area contributed by atoms with Crippen molar-refractivity contribution < 1.29 is 4.39 Å². The summed E-state index contributed by atoms with van der Waals surface area (Å²) >= 11 is 0. The molecule has 0 radical (unpaired) electrons. The van der Waals surface area contributed by atoms with Crippen LogP contribution in [0.4, 0.5) is 4.39 Å². The molecule has 3 rings (SSSR count). The zero-order chi connectivity index (χ0) is 15.0. The number of hydrogen-bond acceptors (Lipinski definition) is 2. The van der Waals surface area contributed by atoms with E-state index in [1.165, 1.54) is 17.2 Å². The minimum atomic E-state index is -0.264. The van der Waals surface area contributed by atoms with E-state index < -0.39 is 0 Å². The molecule has 0 atom stereocenters. The lowest BCUT2D eigenvalue weighted by molar-refractivity contribution is 0.627. The first-order valence-corrected chi connectivity index (χ1v) is 7.04. The summed E-state index contributed by atoms with van der Waals surface area (Å²) in [4.78, 5) is 4.63. The van der Waals surface area contributed by atoms with E-state index in [2.05, 4.69) is 24.9 Å². The van der Waals surface area contributed by atoms with Crippen LogP contribution in [0.2, 0.25) is 0 Å². The monoisotopic (exact) mass is 283 g/mol. The van der Waals surface area contributed by atoms with Crippen molar-refractivity contribution >= 4 is 11.0 Å². The maximum absolute atomic E-state index is 14.1. The number of hydrogen-bond donors (Lipinski definition) is 1. The number of aromatic nitrogens is 2. The van der Waals surface area contributed by atoms with Gasteiger partial charge < -0.3 is 10.3 Å². The van der Waals surface area contributed by atoms with E-state index in [1.54, 1.807) is 12.1 Å². The molecule has 0 aliphatic heterocycles. The van der Waals surface area contributed by atoms with Crippen molar-refractivity contribution in [1.82, 2.24) is 9.55 Å². The van der Waals surface area contributed by atoms with Gasteiger partial charge in [0, 0.05) is 13.1 Å². The molecular formula is C17H18FN3. The van der Waals surface area contributed by atoms with Crippen molar-refractivity contribution in [1.29, 1.82) is 0 Å². The highest BCUT2D eigenvalue weighted by molar-refractivity contribution is 5.82. The zero-order valence-electron chi connectivity index (χ0n) is 12.2. The maximum Gasteiger partial charge on any atom is 0.144 e. The molecule has 0 fully saturated rings. The summed E-state index contributed by atoms with van der Waals surface area (Å²) in [5.74, 6) is 0.373. The average Bonchev–Trinajstić information content (AvgIpc) is 2.79. The van der Waals surface area contributed by atoms with Gasteiger partial charge in [-0.05, 0) is 49.2 Å². The Morgan fingerprint density at radius 3 is 2.57 bits per heavy atom. The molecule has 3 aromatic rings. The third kappa shape index (κ3) is 2.32. The first-order chi connectivity index (χ1) is 10.1. The van der Waals surface area contributed by atoms with Gasteiger partial charge in [0.25, 0.3) is 0 Å². The number of fused-ring (bicyclic) bond motifs is 1. The molecule has 0 saturated carbocycles. The van der Waals surface area contributed by atoms with Gasteiger partial charge in [-0.3, -0.25) is 0 Å². The van der Waals surface area contributed by atoms with Gasteiger partial charge in [-0.1, -0.05) is 12.1 Å². The molecule has 0 aliphatic carbocycles. The van der Waals surface area contributed by atoms with Crippen LogP contribution in [0.5, 0.6) is 0 Å². The molecule has 1 heterocycles. The fraction of sp³-hybridized carbons (Fsp3) is 0.235. The standard InChI is InChI=1S/C17H18FN3/c1-11-9-15-16(10-12(11)2)21(8-7-19)17(20-15)13-5-3-4-6-14(13)18/h3-6,9-10H,7-8,19H2,1-2H3. The van der Waals surface area contributed by atoms with Crippen molar-refractivity contribution in [2.45, 2.75) is 20.4 Å². The van der Waals surface area contributed by atoms with E-state index in [0.29, 0.717) is 24.5 Å². The Labute approximate surface area is 123 Å². The highest BCUT2D eigenvalue weighted by atomic mass is 19.1. The molecule has 2 N–H and O–H groups in total. The predicted octanol–water partition coefficient (Wildman–Crippen LogP) is 3.42. The van der Waals surface area contributed by atoms with Gasteiger partial charge in [0.1, 0.15) is 11.6 Å². The Morgan fingerprint density at radius 1 is 1.14 bits per heavy atom. The summed E-state index contributed by atoms with van der Waals surface area (Å²) in [6.07, 6.45) is 0. The van der Waals surface area contributed by atoms with Crippen LogP contribution in [0.15, 0.2) is 36.4 Å². The number of benzene rings is 2. The van der Waals surface area contributed by atoms with E-state index in [0.717, 1.165) is 11.0 Å². The average molecular weight is 283 g/mol. The number of nitrogens with two attached hydrogens (primary N) is 1. The Balaban J connectivity index is 2.32. The second-order valence-corrected chi connectivity index (χ2v) is 5.28. The minimum absolute atomic E-state index is 0.264. The number of halogens is 1. The van der Waals surface area contributed by atoms with Crippen LogP contribution >= 0.6 is 0 Å². The summed E-state index contributed by atoms with van der Waals surface area (Å²) in [5.41, 5.74) is 10.5. The second kappa shape index (κ2) is 5.30. The Bertz CT molecular complexity index is 805. The Hall–Kier alpha value is -2.20. The number of rotatable bonds is 3. The third-order valence-electron chi connectivity index (χ3n) is 3.83. The molecule has 21 heavy (non-hydrogen) atoms. The highest BCUT2D eigenvalue weighted by Gasteiger charge is 2.15.